The molecule has 2 aromatic carbocycles. The smallest absolute Gasteiger partial charge is 0.242 e. The Bertz CT molecular complexity index is 1190. The van der Waals surface area contributed by atoms with Crippen molar-refractivity contribution in [3.8, 4) is 5.75 Å². The molecule has 37 heavy (non-hydrogen) atoms. The van der Waals surface area contributed by atoms with Crippen LogP contribution in [0.25, 0.3) is 0 Å². The summed E-state index contributed by atoms with van der Waals surface area (Å²) >= 11 is 12.2. The number of halogens is 2. The van der Waals surface area contributed by atoms with Crippen LogP contribution in [0.3, 0.4) is 0 Å². The minimum Gasteiger partial charge on any atom is -0.497 e. The number of amides is 2. The lowest BCUT2D eigenvalue weighted by Gasteiger charge is -2.30. The van der Waals surface area contributed by atoms with Crippen LogP contribution in [0, 0.1) is 5.92 Å². The number of nitrogens with zero attached hydrogens (tertiary/aromatic N) is 2. The third-order valence-corrected chi connectivity index (χ3v) is 7.62. The summed E-state index contributed by atoms with van der Waals surface area (Å²) in [5, 5.41) is 3.62. The van der Waals surface area contributed by atoms with E-state index in [9.17, 15) is 18.0 Å². The number of ether oxygens (including phenoxy) is 1. The number of carbonyl (C=O) groups excluding carboxylic acids is 2. The minimum absolute atomic E-state index is 0.0408. The average molecular weight is 573 g/mol. The van der Waals surface area contributed by atoms with Gasteiger partial charge >= 0.3 is 0 Å². The summed E-state index contributed by atoms with van der Waals surface area (Å²) in [6.45, 7) is 6.37. The van der Waals surface area contributed by atoms with E-state index in [0.717, 1.165) is 11.8 Å². The van der Waals surface area contributed by atoms with Crippen LogP contribution in [0.2, 0.25) is 10.0 Å². The van der Waals surface area contributed by atoms with Gasteiger partial charge in [0.15, 0.2) is 0 Å². The van der Waals surface area contributed by atoms with E-state index >= 15 is 0 Å². The van der Waals surface area contributed by atoms with Crippen molar-refractivity contribution in [1.82, 2.24) is 10.2 Å². The van der Waals surface area contributed by atoms with Gasteiger partial charge in [-0.1, -0.05) is 49.2 Å². The second kappa shape index (κ2) is 13.9. The molecule has 0 aromatic heterocycles. The largest absolute Gasteiger partial charge is 0.497 e. The van der Waals surface area contributed by atoms with Crippen molar-refractivity contribution in [1.29, 1.82) is 0 Å². The Balaban J connectivity index is 2.20. The molecule has 11 heteroatoms. The first-order chi connectivity index (χ1) is 17.3. The Morgan fingerprint density at radius 2 is 1.76 bits per heavy atom. The van der Waals surface area contributed by atoms with Crippen LogP contribution in [-0.2, 0) is 26.2 Å². The van der Waals surface area contributed by atoms with Gasteiger partial charge in [-0.2, -0.15) is 0 Å². The summed E-state index contributed by atoms with van der Waals surface area (Å²) in [5.74, 6) is 0.235. The van der Waals surface area contributed by atoms with Crippen molar-refractivity contribution in [2.24, 2.45) is 5.92 Å². The predicted molar refractivity (Wildman–Crippen MR) is 149 cm³/mol. The molecule has 2 rings (SSSR count). The first kappa shape index (κ1) is 30.7. The molecule has 1 N–H and O–H groups in total. The maximum absolute atomic E-state index is 13.4. The number of benzene rings is 2. The van der Waals surface area contributed by atoms with Crippen molar-refractivity contribution in [2.75, 3.05) is 30.8 Å². The van der Waals surface area contributed by atoms with Crippen LogP contribution < -0.4 is 14.4 Å². The molecule has 204 valence electrons. The van der Waals surface area contributed by atoms with E-state index in [0.29, 0.717) is 28.0 Å². The van der Waals surface area contributed by atoms with Crippen LogP contribution in [0.1, 0.15) is 39.2 Å². The van der Waals surface area contributed by atoms with E-state index in [4.69, 9.17) is 27.9 Å². The summed E-state index contributed by atoms with van der Waals surface area (Å²) in [5.41, 5.74) is 1.17. The Kier molecular flexibility index (Phi) is 11.5. The van der Waals surface area contributed by atoms with Crippen LogP contribution in [0.4, 0.5) is 5.69 Å². The van der Waals surface area contributed by atoms with Crippen LogP contribution >= 0.6 is 23.2 Å². The molecule has 0 saturated carbocycles. The molecule has 8 nitrogen and oxygen atoms in total. The van der Waals surface area contributed by atoms with Gasteiger partial charge in [0, 0.05) is 32.1 Å². The van der Waals surface area contributed by atoms with Crippen molar-refractivity contribution >= 4 is 50.7 Å². The highest BCUT2D eigenvalue weighted by molar-refractivity contribution is 7.92. The lowest BCUT2D eigenvalue weighted by atomic mass is 10.1. The number of rotatable bonds is 13. The van der Waals surface area contributed by atoms with E-state index in [1.807, 2.05) is 13.8 Å². The van der Waals surface area contributed by atoms with E-state index in [1.165, 1.54) is 16.3 Å². The molecule has 0 aliphatic rings. The molecule has 0 fully saturated rings. The van der Waals surface area contributed by atoms with Gasteiger partial charge in [0.2, 0.25) is 21.8 Å². The highest BCUT2D eigenvalue weighted by atomic mass is 35.5. The molecule has 0 bridgehead atoms. The molecule has 2 aromatic rings. The number of carbonyl (C=O) groups is 2. The van der Waals surface area contributed by atoms with Gasteiger partial charge in [-0.15, -0.1) is 0 Å². The molecule has 0 unspecified atom stereocenters. The van der Waals surface area contributed by atoms with Crippen LogP contribution in [-0.4, -0.2) is 57.6 Å². The van der Waals surface area contributed by atoms with Crippen molar-refractivity contribution < 1.29 is 22.7 Å². The van der Waals surface area contributed by atoms with Crippen molar-refractivity contribution in [3.63, 3.8) is 0 Å². The summed E-state index contributed by atoms with van der Waals surface area (Å²) in [7, 11) is -2.10. The van der Waals surface area contributed by atoms with Gasteiger partial charge in [-0.3, -0.25) is 13.9 Å². The van der Waals surface area contributed by atoms with Gasteiger partial charge in [-0.25, -0.2) is 8.42 Å². The van der Waals surface area contributed by atoms with Crippen LogP contribution in [0.15, 0.2) is 42.5 Å². The van der Waals surface area contributed by atoms with Crippen molar-refractivity contribution in [2.45, 2.75) is 46.2 Å². The Hall–Kier alpha value is -2.49. The highest BCUT2D eigenvalue weighted by Crippen LogP contribution is 2.25. The highest BCUT2D eigenvalue weighted by Gasteiger charge is 2.27. The molecular formula is C26H35Cl2N3O5S. The van der Waals surface area contributed by atoms with Gasteiger partial charge < -0.3 is 15.0 Å². The third kappa shape index (κ3) is 9.39. The second-order valence-corrected chi connectivity index (χ2v) is 11.9. The summed E-state index contributed by atoms with van der Waals surface area (Å²) in [6.07, 6.45) is 1.41. The van der Waals surface area contributed by atoms with Gasteiger partial charge in [0.25, 0.3) is 0 Å². The van der Waals surface area contributed by atoms with E-state index in [1.54, 1.807) is 49.4 Å². The first-order valence-electron chi connectivity index (χ1n) is 12.0. The van der Waals surface area contributed by atoms with Crippen LogP contribution in [0.5, 0.6) is 5.75 Å². The lowest BCUT2D eigenvalue weighted by Crippen LogP contribution is -2.48. The van der Waals surface area contributed by atoms with Crippen molar-refractivity contribution in [3.05, 3.63) is 58.1 Å². The Labute approximate surface area is 229 Å². The van der Waals surface area contributed by atoms with E-state index < -0.39 is 16.1 Å². The fraction of sp³-hybridized carbons (Fsp3) is 0.462. The second-order valence-electron chi connectivity index (χ2n) is 9.23. The van der Waals surface area contributed by atoms with Gasteiger partial charge in [0.1, 0.15) is 11.8 Å². The zero-order chi connectivity index (χ0) is 27.8. The minimum atomic E-state index is -3.60. The summed E-state index contributed by atoms with van der Waals surface area (Å²) < 4.78 is 31.4. The standard InChI is InChI=1S/C26H35Cl2N3O5S/c1-18(2)16-29-26(33)19(3)30(17-20-11-12-23(27)24(28)14-20)25(32)10-7-13-31(37(5,34)35)21-8-6-9-22(15-21)36-4/h6,8-9,11-12,14-15,18-19H,7,10,13,16-17H2,1-5H3,(H,29,33)/t19-/m0/s1. The maximum atomic E-state index is 13.4. The molecule has 0 saturated heterocycles. The molecule has 2 amide bonds. The number of hydrogen-bond acceptors (Lipinski definition) is 5. The zero-order valence-corrected chi connectivity index (χ0v) is 24.2. The number of anilines is 1. The SMILES string of the molecule is COc1cccc(N(CCCC(=O)N(Cc2ccc(Cl)c(Cl)c2)[C@@H](C)C(=O)NCC(C)C)S(C)(=O)=O)c1. The molecule has 0 aliphatic carbocycles. The molecule has 0 spiro atoms. The lowest BCUT2D eigenvalue weighted by molar-refractivity contribution is -0.140. The fourth-order valence-corrected chi connectivity index (χ4v) is 4.92. The Morgan fingerprint density at radius 3 is 2.35 bits per heavy atom. The summed E-state index contributed by atoms with van der Waals surface area (Å²) in [6, 6.07) is 11.0. The Morgan fingerprint density at radius 1 is 1.05 bits per heavy atom. The molecular weight excluding hydrogens is 537 g/mol. The number of hydrogen-bond donors (Lipinski definition) is 1. The first-order valence-corrected chi connectivity index (χ1v) is 14.6. The van der Waals surface area contributed by atoms with E-state index in [-0.39, 0.29) is 43.7 Å². The molecule has 0 heterocycles. The average Bonchev–Trinajstić information content (AvgIpc) is 2.84. The van der Waals surface area contributed by atoms with Gasteiger partial charge in [-0.05, 0) is 49.1 Å². The zero-order valence-electron chi connectivity index (χ0n) is 21.8. The third-order valence-electron chi connectivity index (χ3n) is 5.68. The maximum Gasteiger partial charge on any atom is 0.242 e. The number of methoxy groups -OCH3 is 1. The topological polar surface area (TPSA) is 96.0 Å². The van der Waals surface area contributed by atoms with Gasteiger partial charge in [0.05, 0.1) is 29.1 Å². The fourth-order valence-electron chi connectivity index (χ4n) is 3.64. The predicted octanol–water partition coefficient (Wildman–Crippen LogP) is 4.74. The normalized spacial score (nSPS) is 12.2. The quantitative estimate of drug-likeness (QED) is 0.374. The molecule has 0 aliphatic heterocycles. The van der Waals surface area contributed by atoms with E-state index in [2.05, 4.69) is 5.32 Å². The molecule has 0 radical (unpaired) electrons. The molecule has 1 atom stereocenters. The monoisotopic (exact) mass is 571 g/mol. The number of sulfonamides is 1. The summed E-state index contributed by atoms with van der Waals surface area (Å²) in [4.78, 5) is 27.6. The number of nitrogens with one attached hydrogen (secondary N) is 1.